The molecule has 2 heteroatoms. The third kappa shape index (κ3) is 5.48. The van der Waals surface area contributed by atoms with Crippen molar-refractivity contribution >= 4 is 28.4 Å². The van der Waals surface area contributed by atoms with Gasteiger partial charge in [-0.2, -0.15) is 0 Å². The number of para-hydroxylation sites is 1. The Morgan fingerprint density at radius 1 is 0.475 bits per heavy atom. The van der Waals surface area contributed by atoms with Crippen molar-refractivity contribution in [3.63, 3.8) is 0 Å². The predicted molar refractivity (Wildman–Crippen MR) is 171 cm³/mol. The van der Waals surface area contributed by atoms with Gasteiger partial charge in [-0.05, 0) is 116 Å². The standard InChI is InChI=1S/C38H34N2/c1-29-11-9-17-37(27-29)39(33-13-5-3-6-14-33)35-23-19-31(20-24-35)32-21-25-36(26-22-32)40(34-15-7-4-8-16-34)38-18-10-12-30(2)28-38/h3-7,9-15,17-28H,8,16H2,1-2H3. The molecule has 2 nitrogen and oxygen atoms in total. The van der Waals surface area contributed by atoms with Crippen LogP contribution in [0.4, 0.5) is 28.4 Å². The lowest BCUT2D eigenvalue weighted by Crippen LogP contribution is -2.17. The lowest BCUT2D eigenvalue weighted by atomic mass is 10.0. The minimum Gasteiger partial charge on any atom is -0.314 e. The summed E-state index contributed by atoms with van der Waals surface area (Å²) in [5.41, 5.74) is 12.1. The normalized spacial score (nSPS) is 12.6. The van der Waals surface area contributed by atoms with Crippen LogP contribution in [0.3, 0.4) is 0 Å². The highest BCUT2D eigenvalue weighted by Crippen LogP contribution is 2.37. The summed E-state index contributed by atoms with van der Waals surface area (Å²) in [4.78, 5) is 4.70. The van der Waals surface area contributed by atoms with E-state index in [1.54, 1.807) is 0 Å². The lowest BCUT2D eigenvalue weighted by Gasteiger charge is -2.29. The van der Waals surface area contributed by atoms with E-state index in [1.807, 2.05) is 0 Å². The summed E-state index contributed by atoms with van der Waals surface area (Å²) in [6, 6.07) is 45.8. The number of nitrogens with zero attached hydrogens (tertiary/aromatic N) is 2. The number of hydrogen-bond acceptors (Lipinski definition) is 2. The number of aryl methyl sites for hydroxylation is 2. The minimum atomic E-state index is 1.03. The SMILES string of the molecule is Cc1cccc(N(C2=CC=CCC2)c2ccc(-c3ccc(N(c4ccccc4)c4cccc(C)c4)cc3)cc2)c1. The molecule has 6 rings (SSSR count). The van der Waals surface area contributed by atoms with Crippen LogP contribution in [0.2, 0.25) is 0 Å². The average molecular weight is 519 g/mol. The second-order valence-electron chi connectivity index (χ2n) is 10.4. The van der Waals surface area contributed by atoms with Gasteiger partial charge in [-0.25, -0.2) is 0 Å². The Labute approximate surface area is 238 Å². The molecule has 0 saturated heterocycles. The molecule has 5 aromatic rings. The van der Waals surface area contributed by atoms with Gasteiger partial charge in [0.15, 0.2) is 0 Å². The van der Waals surface area contributed by atoms with Gasteiger partial charge in [-0.1, -0.05) is 78.9 Å². The van der Waals surface area contributed by atoms with Gasteiger partial charge in [0.2, 0.25) is 0 Å². The summed E-state index contributed by atoms with van der Waals surface area (Å²) in [5.74, 6) is 0. The quantitative estimate of drug-likeness (QED) is 0.211. The van der Waals surface area contributed by atoms with E-state index >= 15 is 0 Å². The summed E-state index contributed by atoms with van der Waals surface area (Å²) in [6.45, 7) is 4.29. The van der Waals surface area contributed by atoms with Crippen molar-refractivity contribution in [1.29, 1.82) is 0 Å². The molecular weight excluding hydrogens is 484 g/mol. The molecule has 1 aliphatic rings. The van der Waals surface area contributed by atoms with Crippen LogP contribution < -0.4 is 9.80 Å². The first kappa shape index (κ1) is 25.5. The van der Waals surface area contributed by atoms with Crippen LogP contribution in [-0.2, 0) is 0 Å². The van der Waals surface area contributed by atoms with Crippen LogP contribution in [0.1, 0.15) is 24.0 Å². The molecule has 1 aliphatic carbocycles. The Kier molecular flexibility index (Phi) is 7.32. The van der Waals surface area contributed by atoms with Crippen molar-refractivity contribution in [2.45, 2.75) is 26.7 Å². The fourth-order valence-electron chi connectivity index (χ4n) is 5.42. The van der Waals surface area contributed by atoms with Crippen LogP contribution in [0, 0.1) is 13.8 Å². The van der Waals surface area contributed by atoms with E-state index in [2.05, 4.69) is 169 Å². The summed E-state index contributed by atoms with van der Waals surface area (Å²) in [7, 11) is 0. The molecule has 196 valence electrons. The van der Waals surface area contributed by atoms with Gasteiger partial charge in [-0.3, -0.25) is 0 Å². The zero-order chi connectivity index (χ0) is 27.3. The van der Waals surface area contributed by atoms with Crippen molar-refractivity contribution in [2.75, 3.05) is 9.80 Å². The van der Waals surface area contributed by atoms with E-state index in [0.717, 1.165) is 29.9 Å². The molecule has 0 spiro atoms. The molecule has 0 aromatic heterocycles. The van der Waals surface area contributed by atoms with E-state index in [0.29, 0.717) is 0 Å². The van der Waals surface area contributed by atoms with Crippen molar-refractivity contribution < 1.29 is 0 Å². The van der Waals surface area contributed by atoms with Crippen LogP contribution >= 0.6 is 0 Å². The zero-order valence-corrected chi connectivity index (χ0v) is 23.2. The number of allylic oxidation sites excluding steroid dienone is 4. The molecule has 0 bridgehead atoms. The van der Waals surface area contributed by atoms with Gasteiger partial charge >= 0.3 is 0 Å². The largest absolute Gasteiger partial charge is 0.314 e. The first-order valence-corrected chi connectivity index (χ1v) is 14.0. The molecule has 40 heavy (non-hydrogen) atoms. The van der Waals surface area contributed by atoms with Gasteiger partial charge in [0.05, 0.1) is 0 Å². The number of rotatable bonds is 7. The van der Waals surface area contributed by atoms with Crippen molar-refractivity contribution in [3.05, 3.63) is 162 Å². The van der Waals surface area contributed by atoms with E-state index in [-0.39, 0.29) is 0 Å². The van der Waals surface area contributed by atoms with Gasteiger partial charge in [-0.15, -0.1) is 0 Å². The maximum absolute atomic E-state index is 2.39. The molecule has 0 radical (unpaired) electrons. The third-order valence-corrected chi connectivity index (χ3v) is 7.40. The summed E-state index contributed by atoms with van der Waals surface area (Å²) in [5, 5.41) is 0. The Bertz CT molecular complexity index is 1640. The molecule has 0 atom stereocenters. The Morgan fingerprint density at radius 2 is 0.975 bits per heavy atom. The molecule has 0 unspecified atom stereocenters. The van der Waals surface area contributed by atoms with Crippen molar-refractivity contribution in [2.24, 2.45) is 0 Å². The Morgan fingerprint density at radius 3 is 1.50 bits per heavy atom. The minimum absolute atomic E-state index is 1.03. The van der Waals surface area contributed by atoms with Crippen molar-refractivity contribution in [1.82, 2.24) is 0 Å². The highest BCUT2D eigenvalue weighted by atomic mass is 15.2. The smallest absolute Gasteiger partial charge is 0.0464 e. The maximum Gasteiger partial charge on any atom is 0.0464 e. The lowest BCUT2D eigenvalue weighted by molar-refractivity contribution is 0.917. The first-order valence-electron chi connectivity index (χ1n) is 14.0. The zero-order valence-electron chi connectivity index (χ0n) is 23.2. The van der Waals surface area contributed by atoms with Crippen molar-refractivity contribution in [3.8, 4) is 11.1 Å². The molecule has 0 heterocycles. The van der Waals surface area contributed by atoms with Crippen LogP contribution in [-0.4, -0.2) is 0 Å². The molecule has 0 aliphatic heterocycles. The third-order valence-electron chi connectivity index (χ3n) is 7.40. The molecule has 5 aromatic carbocycles. The van der Waals surface area contributed by atoms with Crippen LogP contribution in [0.15, 0.2) is 151 Å². The molecule has 0 saturated carbocycles. The monoisotopic (exact) mass is 518 g/mol. The molecule has 0 amide bonds. The van der Waals surface area contributed by atoms with E-state index in [4.69, 9.17) is 0 Å². The average Bonchev–Trinajstić information content (AvgIpc) is 3.00. The summed E-state index contributed by atoms with van der Waals surface area (Å²) >= 11 is 0. The fourth-order valence-corrected chi connectivity index (χ4v) is 5.42. The van der Waals surface area contributed by atoms with Gasteiger partial charge in [0, 0.05) is 34.1 Å². The number of anilines is 5. The Balaban J connectivity index is 1.31. The van der Waals surface area contributed by atoms with E-state index in [9.17, 15) is 0 Å². The predicted octanol–water partition coefficient (Wildman–Crippen LogP) is 10.8. The van der Waals surface area contributed by atoms with Crippen LogP contribution in [0.25, 0.3) is 11.1 Å². The fraction of sp³-hybridized carbons (Fsp3) is 0.105. The number of hydrogen-bond donors (Lipinski definition) is 0. The highest BCUT2D eigenvalue weighted by Gasteiger charge is 2.16. The number of benzene rings is 5. The molecular formula is C38H34N2. The molecule has 0 N–H and O–H groups in total. The highest BCUT2D eigenvalue weighted by molar-refractivity contribution is 5.79. The van der Waals surface area contributed by atoms with Crippen LogP contribution in [0.5, 0.6) is 0 Å². The summed E-state index contributed by atoms with van der Waals surface area (Å²) < 4.78 is 0. The van der Waals surface area contributed by atoms with E-state index in [1.165, 1.54) is 39.3 Å². The molecule has 0 fully saturated rings. The first-order chi connectivity index (χ1) is 19.7. The topological polar surface area (TPSA) is 6.48 Å². The van der Waals surface area contributed by atoms with Gasteiger partial charge < -0.3 is 9.80 Å². The van der Waals surface area contributed by atoms with Gasteiger partial charge in [0.1, 0.15) is 0 Å². The Hall–Kier alpha value is -4.82. The summed E-state index contributed by atoms with van der Waals surface area (Å²) in [6.07, 6.45) is 8.76. The van der Waals surface area contributed by atoms with Gasteiger partial charge in [0.25, 0.3) is 0 Å². The second kappa shape index (κ2) is 11.5. The van der Waals surface area contributed by atoms with E-state index < -0.39 is 0 Å². The maximum atomic E-state index is 2.39. The second-order valence-corrected chi connectivity index (χ2v) is 10.4.